The predicted molar refractivity (Wildman–Crippen MR) is 76.8 cm³/mol. The van der Waals surface area contributed by atoms with Crippen molar-refractivity contribution in [3.05, 3.63) is 0 Å². The number of quaternary nitrogens is 1. The molecule has 0 amide bonds. The molecule has 3 rings (SSSR count). The zero-order chi connectivity index (χ0) is 12.4. The van der Waals surface area contributed by atoms with E-state index in [0.717, 1.165) is 23.8 Å². The molecule has 0 radical (unpaired) electrons. The van der Waals surface area contributed by atoms with Crippen molar-refractivity contribution in [3.8, 4) is 0 Å². The van der Waals surface area contributed by atoms with Crippen LogP contribution < -0.4 is 4.90 Å². The van der Waals surface area contributed by atoms with Gasteiger partial charge in [0, 0.05) is 11.8 Å². The Labute approximate surface area is 113 Å². The average molecular weight is 250 g/mol. The molecule has 0 bridgehead atoms. The first-order valence-corrected chi connectivity index (χ1v) is 8.69. The Morgan fingerprint density at radius 1 is 0.833 bits per heavy atom. The van der Waals surface area contributed by atoms with Gasteiger partial charge in [0.05, 0.1) is 19.1 Å². The summed E-state index contributed by atoms with van der Waals surface area (Å²) in [5.74, 6) is 3.16. The van der Waals surface area contributed by atoms with Gasteiger partial charge in [-0.3, -0.25) is 0 Å². The van der Waals surface area contributed by atoms with Crippen LogP contribution in [-0.2, 0) is 0 Å². The molecule has 1 saturated heterocycles. The third kappa shape index (κ3) is 2.76. The Balaban J connectivity index is 1.60. The summed E-state index contributed by atoms with van der Waals surface area (Å²) < 4.78 is 0. The highest BCUT2D eigenvalue weighted by atomic mass is 15.2. The molecule has 104 valence electrons. The molecule has 0 aromatic rings. The topological polar surface area (TPSA) is 4.44 Å². The molecule has 0 aromatic heterocycles. The van der Waals surface area contributed by atoms with Crippen LogP contribution in [0.15, 0.2) is 0 Å². The molecule has 1 N–H and O–H groups in total. The maximum Gasteiger partial charge on any atom is 0.0903 e. The highest BCUT2D eigenvalue weighted by molar-refractivity contribution is 4.79. The van der Waals surface area contributed by atoms with Crippen molar-refractivity contribution in [2.75, 3.05) is 13.1 Å². The van der Waals surface area contributed by atoms with Gasteiger partial charge in [-0.2, -0.15) is 0 Å². The number of fused-ring (bicyclic) bond motifs is 1. The van der Waals surface area contributed by atoms with E-state index in [9.17, 15) is 0 Å². The fraction of sp³-hybridized carbons (Fsp3) is 1.00. The first kappa shape index (κ1) is 13.0. The zero-order valence-electron chi connectivity index (χ0n) is 12.3. The lowest BCUT2D eigenvalue weighted by Gasteiger charge is -2.43. The minimum absolute atomic E-state index is 1.01. The third-order valence-corrected chi connectivity index (χ3v) is 6.32. The maximum absolute atomic E-state index is 2.52. The summed E-state index contributed by atoms with van der Waals surface area (Å²) in [5, 5.41) is 0. The van der Waals surface area contributed by atoms with E-state index < -0.39 is 0 Å². The molecule has 3 fully saturated rings. The molecule has 2 saturated carbocycles. The Hall–Kier alpha value is -0.0400. The summed E-state index contributed by atoms with van der Waals surface area (Å²) >= 11 is 0. The van der Waals surface area contributed by atoms with Crippen LogP contribution in [0.4, 0.5) is 0 Å². The highest BCUT2D eigenvalue weighted by Crippen LogP contribution is 2.31. The van der Waals surface area contributed by atoms with Crippen molar-refractivity contribution in [1.82, 2.24) is 0 Å². The zero-order valence-corrected chi connectivity index (χ0v) is 12.3. The minimum atomic E-state index is 1.01. The summed E-state index contributed by atoms with van der Waals surface area (Å²) in [6.07, 6.45) is 15.2. The van der Waals surface area contributed by atoms with Crippen LogP contribution >= 0.6 is 0 Å². The fourth-order valence-corrected chi connectivity index (χ4v) is 5.15. The Morgan fingerprint density at radius 3 is 2.44 bits per heavy atom. The van der Waals surface area contributed by atoms with Crippen molar-refractivity contribution >= 4 is 0 Å². The summed E-state index contributed by atoms with van der Waals surface area (Å²) in [6.45, 7) is 5.53. The van der Waals surface area contributed by atoms with Gasteiger partial charge in [0.15, 0.2) is 0 Å². The largest absolute Gasteiger partial charge is 0.332 e. The Morgan fingerprint density at radius 2 is 1.56 bits per heavy atom. The van der Waals surface area contributed by atoms with Crippen LogP contribution in [-0.4, -0.2) is 19.1 Å². The Kier molecular flexibility index (Phi) is 4.28. The standard InChI is InChI=1S/C17H31N/c1-14-7-2-3-9-16(14)13-18-12-6-10-15-8-4-5-11-17(15)18/h14-17H,2-13H2,1H3/p+1. The van der Waals surface area contributed by atoms with Crippen LogP contribution in [0.5, 0.6) is 0 Å². The fourth-order valence-electron chi connectivity index (χ4n) is 5.15. The lowest BCUT2D eigenvalue weighted by atomic mass is 9.76. The van der Waals surface area contributed by atoms with Gasteiger partial charge in [-0.05, 0) is 44.4 Å². The van der Waals surface area contributed by atoms with E-state index >= 15 is 0 Å². The van der Waals surface area contributed by atoms with E-state index in [-0.39, 0.29) is 0 Å². The molecule has 1 nitrogen and oxygen atoms in total. The van der Waals surface area contributed by atoms with E-state index in [2.05, 4.69) is 6.92 Å². The van der Waals surface area contributed by atoms with E-state index in [4.69, 9.17) is 0 Å². The number of piperidine rings is 1. The average Bonchev–Trinajstić information content (AvgIpc) is 2.42. The predicted octanol–water partition coefficient (Wildman–Crippen LogP) is 3.05. The SMILES string of the molecule is CC1CCCCC1C[NH+]1CCCC2CCCCC21. The van der Waals surface area contributed by atoms with E-state index in [1.807, 2.05) is 4.90 Å². The summed E-state index contributed by atoms with van der Waals surface area (Å²) in [4.78, 5) is 2.02. The first-order chi connectivity index (χ1) is 8.84. The molecule has 5 atom stereocenters. The molecule has 1 heterocycles. The minimum Gasteiger partial charge on any atom is -0.332 e. The van der Waals surface area contributed by atoms with Gasteiger partial charge in [-0.1, -0.05) is 32.6 Å². The van der Waals surface area contributed by atoms with Gasteiger partial charge in [0.25, 0.3) is 0 Å². The lowest BCUT2D eigenvalue weighted by Crippen LogP contribution is -3.18. The van der Waals surface area contributed by atoms with Crippen LogP contribution in [0, 0.1) is 17.8 Å². The smallest absolute Gasteiger partial charge is 0.0903 e. The van der Waals surface area contributed by atoms with Gasteiger partial charge in [0.2, 0.25) is 0 Å². The summed E-state index contributed by atoms with van der Waals surface area (Å²) in [5.41, 5.74) is 0. The van der Waals surface area contributed by atoms with Gasteiger partial charge in [0.1, 0.15) is 0 Å². The second-order valence-corrected chi connectivity index (χ2v) is 7.43. The molecule has 2 aliphatic carbocycles. The van der Waals surface area contributed by atoms with Crippen molar-refractivity contribution < 1.29 is 4.90 Å². The summed E-state index contributed by atoms with van der Waals surface area (Å²) in [6, 6.07) is 1.06. The molecule has 3 aliphatic rings. The molecule has 1 heteroatoms. The number of rotatable bonds is 2. The van der Waals surface area contributed by atoms with Gasteiger partial charge < -0.3 is 4.90 Å². The third-order valence-electron chi connectivity index (χ3n) is 6.32. The lowest BCUT2D eigenvalue weighted by molar-refractivity contribution is -0.939. The van der Waals surface area contributed by atoms with Gasteiger partial charge in [-0.25, -0.2) is 0 Å². The van der Waals surface area contributed by atoms with Crippen LogP contribution in [0.3, 0.4) is 0 Å². The molecule has 1 aliphatic heterocycles. The molecular weight excluding hydrogens is 218 g/mol. The normalized spacial score (nSPS) is 45.5. The monoisotopic (exact) mass is 250 g/mol. The summed E-state index contributed by atoms with van der Waals surface area (Å²) in [7, 11) is 0. The number of likely N-dealkylation sites (tertiary alicyclic amines) is 1. The second kappa shape index (κ2) is 5.94. The Bertz CT molecular complexity index is 260. The first-order valence-electron chi connectivity index (χ1n) is 8.69. The number of nitrogens with one attached hydrogen (secondary N) is 1. The molecule has 5 unspecified atom stereocenters. The van der Waals surface area contributed by atoms with E-state index in [1.54, 1.807) is 19.3 Å². The quantitative estimate of drug-likeness (QED) is 0.768. The van der Waals surface area contributed by atoms with Crippen molar-refractivity contribution in [2.24, 2.45) is 17.8 Å². The highest BCUT2D eigenvalue weighted by Gasteiger charge is 2.38. The van der Waals surface area contributed by atoms with Crippen LogP contribution in [0.1, 0.15) is 71.1 Å². The maximum atomic E-state index is 2.52. The van der Waals surface area contributed by atoms with Gasteiger partial charge >= 0.3 is 0 Å². The van der Waals surface area contributed by atoms with Crippen LogP contribution in [0.2, 0.25) is 0 Å². The van der Waals surface area contributed by atoms with Crippen molar-refractivity contribution in [2.45, 2.75) is 77.2 Å². The van der Waals surface area contributed by atoms with E-state index in [1.165, 1.54) is 58.0 Å². The molecule has 0 spiro atoms. The molecule has 0 aromatic carbocycles. The van der Waals surface area contributed by atoms with E-state index in [0.29, 0.717) is 0 Å². The number of hydrogen-bond acceptors (Lipinski definition) is 0. The molecular formula is C17H32N+. The van der Waals surface area contributed by atoms with Crippen molar-refractivity contribution in [3.63, 3.8) is 0 Å². The number of hydrogen-bond donors (Lipinski definition) is 1. The van der Waals surface area contributed by atoms with Gasteiger partial charge in [-0.15, -0.1) is 0 Å². The van der Waals surface area contributed by atoms with Crippen molar-refractivity contribution in [1.29, 1.82) is 0 Å². The van der Waals surface area contributed by atoms with Crippen LogP contribution in [0.25, 0.3) is 0 Å². The molecule has 18 heavy (non-hydrogen) atoms. The second-order valence-electron chi connectivity index (χ2n) is 7.43.